The van der Waals surface area contributed by atoms with Crippen molar-refractivity contribution in [2.24, 2.45) is 0 Å². The van der Waals surface area contributed by atoms with Crippen molar-refractivity contribution >= 4 is 0 Å². The Labute approximate surface area is 294 Å². The molecule has 2 aliphatic rings. The molecule has 51 heavy (non-hydrogen) atoms. The van der Waals surface area contributed by atoms with Gasteiger partial charge in [-0.15, -0.1) is 0 Å². The maximum atomic E-state index is 6.93. The van der Waals surface area contributed by atoms with Crippen LogP contribution in [0, 0.1) is 0 Å². The fraction of sp³-hybridized carbons (Fsp3) is 0.0222. The van der Waals surface area contributed by atoms with Crippen LogP contribution in [0.15, 0.2) is 170 Å². The summed E-state index contributed by atoms with van der Waals surface area (Å²) in [5.41, 5.74) is 8.65. The number of hydrogen-bond donors (Lipinski definition) is 0. The zero-order chi connectivity index (χ0) is 33.8. The molecule has 6 aromatic carbocycles. The third-order valence-electron chi connectivity index (χ3n) is 9.73. The van der Waals surface area contributed by atoms with Gasteiger partial charge >= 0.3 is 0 Å². The van der Waals surface area contributed by atoms with Gasteiger partial charge < -0.3 is 9.47 Å². The average molecular weight is 657 g/mol. The van der Waals surface area contributed by atoms with Crippen LogP contribution >= 0.6 is 0 Å². The van der Waals surface area contributed by atoms with Crippen LogP contribution in [-0.4, -0.2) is 19.9 Å². The first-order chi connectivity index (χ1) is 25.3. The molecule has 0 saturated carbocycles. The minimum absolute atomic E-state index is 0.493. The van der Waals surface area contributed by atoms with Gasteiger partial charge in [0.2, 0.25) is 0 Å². The lowest BCUT2D eigenvalue weighted by Gasteiger charge is -2.34. The number of fused-ring (bicyclic) bond motifs is 6. The highest BCUT2D eigenvalue weighted by Gasteiger charge is 2.48. The maximum absolute atomic E-state index is 6.93. The van der Waals surface area contributed by atoms with Crippen molar-refractivity contribution in [2.45, 2.75) is 5.41 Å². The van der Waals surface area contributed by atoms with Crippen LogP contribution in [0.4, 0.5) is 0 Å². The molecule has 6 nitrogen and oxygen atoms in total. The molecule has 0 fully saturated rings. The van der Waals surface area contributed by atoms with Crippen LogP contribution in [0.2, 0.25) is 0 Å². The minimum Gasteiger partial charge on any atom is -0.449 e. The summed E-state index contributed by atoms with van der Waals surface area (Å²) in [5, 5.41) is 0. The Morgan fingerprint density at radius 1 is 0.431 bits per heavy atom. The first-order valence-electron chi connectivity index (χ1n) is 16.9. The monoisotopic (exact) mass is 656 g/mol. The SMILES string of the molecule is c1ccc(-c2nc(-c3ccc4c(c3)Oc3c(ccc5c3-c3ccccc3C5(c3ccccc3)c3ccccc3)O4)nc(-c3ccccn3)n2)cc1. The van der Waals surface area contributed by atoms with Gasteiger partial charge in [0, 0.05) is 22.9 Å². The van der Waals surface area contributed by atoms with Gasteiger partial charge in [0.25, 0.3) is 0 Å². The highest BCUT2D eigenvalue weighted by atomic mass is 16.6. The summed E-state index contributed by atoms with van der Waals surface area (Å²) in [5.74, 6) is 4.14. The summed E-state index contributed by atoms with van der Waals surface area (Å²) in [4.78, 5) is 19.1. The van der Waals surface area contributed by atoms with E-state index >= 15 is 0 Å². The van der Waals surface area contributed by atoms with Gasteiger partial charge in [-0.05, 0) is 64.2 Å². The Kier molecular flexibility index (Phi) is 6.61. The summed E-state index contributed by atoms with van der Waals surface area (Å²) < 4.78 is 13.5. The molecule has 0 atom stereocenters. The van der Waals surface area contributed by atoms with Crippen LogP contribution in [-0.2, 0) is 5.41 Å². The second-order valence-electron chi connectivity index (χ2n) is 12.6. The molecule has 1 aliphatic heterocycles. The normalized spacial score (nSPS) is 13.2. The Morgan fingerprint density at radius 3 is 1.78 bits per heavy atom. The standard InChI is InChI=1S/C45H28N4O2/c1-4-14-29(15-5-1)42-47-43(49-44(48-42)36-22-12-13-27-46-36)30-23-25-37-39(28-30)51-41-38(50-37)26-24-35-40(41)33-20-10-11-21-34(33)45(35,31-16-6-2-7-17-31)32-18-8-3-9-19-32/h1-28H. The van der Waals surface area contributed by atoms with Crippen LogP contribution in [0.5, 0.6) is 23.0 Å². The Bertz CT molecular complexity index is 2480. The summed E-state index contributed by atoms with van der Waals surface area (Å²) in [7, 11) is 0. The number of aromatic nitrogens is 4. The van der Waals surface area contributed by atoms with E-state index in [-0.39, 0.29) is 0 Å². The van der Waals surface area contributed by atoms with Crippen molar-refractivity contribution in [3.8, 4) is 68.4 Å². The fourth-order valence-electron chi connectivity index (χ4n) is 7.53. The van der Waals surface area contributed by atoms with E-state index in [0.29, 0.717) is 46.2 Å². The highest BCUT2D eigenvalue weighted by Crippen LogP contribution is 2.62. The molecule has 8 aromatic rings. The first-order valence-corrected chi connectivity index (χ1v) is 16.9. The lowest BCUT2D eigenvalue weighted by atomic mass is 9.68. The van der Waals surface area contributed by atoms with E-state index in [9.17, 15) is 0 Å². The molecule has 0 amide bonds. The molecule has 1 aliphatic carbocycles. The molecular formula is C45H28N4O2. The summed E-state index contributed by atoms with van der Waals surface area (Å²) in [6.07, 6.45) is 1.74. The van der Waals surface area contributed by atoms with Crippen molar-refractivity contribution < 1.29 is 9.47 Å². The lowest BCUT2D eigenvalue weighted by molar-refractivity contribution is 0.360. The second kappa shape index (κ2) is 11.6. The maximum Gasteiger partial charge on any atom is 0.182 e. The zero-order valence-corrected chi connectivity index (χ0v) is 27.3. The van der Waals surface area contributed by atoms with Gasteiger partial charge in [-0.1, -0.05) is 127 Å². The Hall–Kier alpha value is -6.92. The number of hydrogen-bond acceptors (Lipinski definition) is 6. The first kappa shape index (κ1) is 29.0. The van der Waals surface area contributed by atoms with Crippen LogP contribution in [0.25, 0.3) is 45.4 Å². The number of ether oxygens (including phenoxy) is 2. The predicted octanol–water partition coefficient (Wildman–Crippen LogP) is 10.5. The minimum atomic E-state index is -0.546. The van der Waals surface area contributed by atoms with Crippen LogP contribution in [0.1, 0.15) is 22.3 Å². The molecule has 0 bridgehead atoms. The molecule has 10 rings (SSSR count). The molecule has 0 spiro atoms. The van der Waals surface area contributed by atoms with E-state index in [4.69, 9.17) is 24.4 Å². The Morgan fingerprint density at radius 2 is 1.06 bits per heavy atom. The van der Waals surface area contributed by atoms with Crippen molar-refractivity contribution in [1.29, 1.82) is 0 Å². The fourth-order valence-corrected chi connectivity index (χ4v) is 7.53. The van der Waals surface area contributed by atoms with Gasteiger partial charge in [-0.25, -0.2) is 15.0 Å². The lowest BCUT2D eigenvalue weighted by Crippen LogP contribution is -2.28. The summed E-state index contributed by atoms with van der Waals surface area (Å²) in [6, 6.07) is 55.8. The highest BCUT2D eigenvalue weighted by molar-refractivity contribution is 5.92. The zero-order valence-electron chi connectivity index (χ0n) is 27.3. The summed E-state index contributed by atoms with van der Waals surface area (Å²) >= 11 is 0. The Balaban J connectivity index is 1.14. The topological polar surface area (TPSA) is 70.0 Å². The number of nitrogens with zero attached hydrogens (tertiary/aromatic N) is 4. The van der Waals surface area contributed by atoms with E-state index in [1.54, 1.807) is 6.20 Å². The molecule has 0 saturated heterocycles. The van der Waals surface area contributed by atoms with Gasteiger partial charge in [0.1, 0.15) is 5.69 Å². The average Bonchev–Trinajstić information content (AvgIpc) is 3.52. The van der Waals surface area contributed by atoms with E-state index in [2.05, 4.69) is 96.0 Å². The molecule has 3 heterocycles. The van der Waals surface area contributed by atoms with Gasteiger partial charge in [0.05, 0.1) is 5.41 Å². The second-order valence-corrected chi connectivity index (χ2v) is 12.6. The molecule has 0 N–H and O–H groups in total. The van der Waals surface area contributed by atoms with Gasteiger partial charge in [-0.3, -0.25) is 4.98 Å². The van der Waals surface area contributed by atoms with Gasteiger partial charge in [-0.2, -0.15) is 0 Å². The third-order valence-corrected chi connectivity index (χ3v) is 9.73. The molecule has 2 aromatic heterocycles. The molecule has 0 radical (unpaired) electrons. The van der Waals surface area contributed by atoms with E-state index in [1.807, 2.05) is 72.8 Å². The van der Waals surface area contributed by atoms with Crippen LogP contribution in [0.3, 0.4) is 0 Å². The smallest absolute Gasteiger partial charge is 0.182 e. The predicted molar refractivity (Wildman–Crippen MR) is 198 cm³/mol. The van der Waals surface area contributed by atoms with E-state index in [1.165, 1.54) is 16.7 Å². The quantitative estimate of drug-likeness (QED) is 0.184. The summed E-state index contributed by atoms with van der Waals surface area (Å²) in [6.45, 7) is 0. The molecular weight excluding hydrogens is 629 g/mol. The number of pyridine rings is 1. The van der Waals surface area contributed by atoms with Crippen molar-refractivity contribution in [2.75, 3.05) is 0 Å². The molecule has 240 valence electrons. The number of rotatable bonds is 5. The van der Waals surface area contributed by atoms with E-state index < -0.39 is 5.41 Å². The van der Waals surface area contributed by atoms with Crippen molar-refractivity contribution in [1.82, 2.24) is 19.9 Å². The number of benzene rings is 6. The largest absolute Gasteiger partial charge is 0.449 e. The van der Waals surface area contributed by atoms with Crippen molar-refractivity contribution in [3.63, 3.8) is 0 Å². The van der Waals surface area contributed by atoms with Crippen LogP contribution < -0.4 is 9.47 Å². The molecule has 6 heteroatoms. The molecule has 0 unspecified atom stereocenters. The van der Waals surface area contributed by atoms with Crippen molar-refractivity contribution in [3.05, 3.63) is 192 Å². The third kappa shape index (κ3) is 4.57. The van der Waals surface area contributed by atoms with E-state index in [0.717, 1.165) is 27.8 Å². The van der Waals surface area contributed by atoms with Gasteiger partial charge in [0.15, 0.2) is 40.5 Å².